The fourth-order valence-corrected chi connectivity index (χ4v) is 3.41. The van der Waals surface area contributed by atoms with Crippen LogP contribution < -0.4 is 0 Å². The highest BCUT2D eigenvalue weighted by molar-refractivity contribution is 5.79. The van der Waals surface area contributed by atoms with Gasteiger partial charge in [0.2, 0.25) is 0 Å². The second-order valence-corrected chi connectivity index (χ2v) is 5.86. The molecule has 0 aliphatic heterocycles. The van der Waals surface area contributed by atoms with E-state index in [0.29, 0.717) is 13.0 Å². The molecule has 112 valence electrons. The van der Waals surface area contributed by atoms with Gasteiger partial charge in [-0.15, -0.1) is 0 Å². The van der Waals surface area contributed by atoms with Crippen molar-refractivity contribution in [3.8, 4) is 0 Å². The van der Waals surface area contributed by atoms with Gasteiger partial charge in [0.05, 0.1) is 6.61 Å². The van der Waals surface area contributed by atoms with Gasteiger partial charge in [-0.05, 0) is 38.0 Å². The maximum atomic E-state index is 12.0. The van der Waals surface area contributed by atoms with Crippen molar-refractivity contribution in [2.24, 2.45) is 11.8 Å². The predicted molar refractivity (Wildman–Crippen MR) is 76.8 cm³/mol. The van der Waals surface area contributed by atoms with Gasteiger partial charge in [-0.2, -0.15) is 0 Å². The minimum atomic E-state index is -1.27. The second-order valence-electron chi connectivity index (χ2n) is 5.86. The van der Waals surface area contributed by atoms with Gasteiger partial charge in [-0.25, -0.2) is 4.79 Å². The van der Waals surface area contributed by atoms with Crippen LogP contribution in [0, 0.1) is 11.8 Å². The van der Waals surface area contributed by atoms with Crippen molar-refractivity contribution in [2.75, 3.05) is 6.61 Å². The van der Waals surface area contributed by atoms with E-state index in [-0.39, 0.29) is 5.92 Å². The molecule has 1 fully saturated rings. The first kappa shape index (κ1) is 16.5. The summed E-state index contributed by atoms with van der Waals surface area (Å²) in [5.74, 6) is 0.424. The first-order valence-corrected chi connectivity index (χ1v) is 7.98. The average Bonchev–Trinajstić information content (AvgIpc) is 2.64. The fraction of sp³-hybridized carbons (Fsp3) is 0.938. The zero-order valence-corrected chi connectivity index (χ0v) is 12.8. The Morgan fingerprint density at radius 1 is 1.21 bits per heavy atom. The number of carbonyl (C=O) groups is 1. The van der Waals surface area contributed by atoms with Crippen LogP contribution in [-0.2, 0) is 9.53 Å². The normalized spacial score (nSPS) is 27.4. The van der Waals surface area contributed by atoms with E-state index in [9.17, 15) is 9.90 Å². The number of ether oxygens (including phenoxy) is 1. The Morgan fingerprint density at radius 2 is 1.95 bits per heavy atom. The van der Waals surface area contributed by atoms with E-state index in [1.54, 1.807) is 6.92 Å². The number of carbonyl (C=O) groups excluding carboxylic acids is 1. The molecule has 0 heterocycles. The van der Waals surface area contributed by atoms with Gasteiger partial charge >= 0.3 is 5.97 Å². The number of rotatable bonds is 6. The Kier molecular flexibility index (Phi) is 6.84. The molecule has 0 saturated heterocycles. The Balaban J connectivity index is 2.68. The van der Waals surface area contributed by atoms with Crippen molar-refractivity contribution in [2.45, 2.75) is 77.7 Å². The van der Waals surface area contributed by atoms with Gasteiger partial charge < -0.3 is 9.84 Å². The summed E-state index contributed by atoms with van der Waals surface area (Å²) in [5, 5.41) is 10.7. The maximum Gasteiger partial charge on any atom is 0.338 e. The van der Waals surface area contributed by atoms with E-state index in [4.69, 9.17) is 4.74 Å². The Labute approximate surface area is 117 Å². The molecule has 1 aliphatic carbocycles. The van der Waals surface area contributed by atoms with Crippen LogP contribution in [0.25, 0.3) is 0 Å². The van der Waals surface area contributed by atoms with Crippen LogP contribution in [0.3, 0.4) is 0 Å². The molecule has 0 aromatic carbocycles. The minimum absolute atomic E-state index is 0.0680. The zero-order chi connectivity index (χ0) is 14.3. The third-order valence-electron chi connectivity index (χ3n) is 4.63. The highest BCUT2D eigenvalue weighted by atomic mass is 16.5. The fourth-order valence-electron chi connectivity index (χ4n) is 3.41. The highest BCUT2D eigenvalue weighted by Gasteiger charge is 2.43. The summed E-state index contributed by atoms with van der Waals surface area (Å²) in [7, 11) is 0. The zero-order valence-electron chi connectivity index (χ0n) is 12.8. The van der Waals surface area contributed by atoms with E-state index in [0.717, 1.165) is 31.6 Å². The molecule has 1 rings (SSSR count). The van der Waals surface area contributed by atoms with Crippen molar-refractivity contribution in [3.63, 3.8) is 0 Å². The lowest BCUT2D eigenvalue weighted by Gasteiger charge is -2.32. The first-order chi connectivity index (χ1) is 9.08. The first-order valence-electron chi connectivity index (χ1n) is 7.98. The Morgan fingerprint density at radius 3 is 2.53 bits per heavy atom. The van der Waals surface area contributed by atoms with Crippen LogP contribution in [0.4, 0.5) is 0 Å². The van der Waals surface area contributed by atoms with Crippen LogP contribution in [0.1, 0.15) is 72.1 Å². The van der Waals surface area contributed by atoms with Crippen molar-refractivity contribution >= 4 is 5.97 Å². The number of hydrogen-bond acceptors (Lipinski definition) is 3. The van der Waals surface area contributed by atoms with Crippen molar-refractivity contribution in [1.82, 2.24) is 0 Å². The smallest absolute Gasteiger partial charge is 0.338 e. The summed E-state index contributed by atoms with van der Waals surface area (Å²) in [6.07, 6.45) is 8.36. The van der Waals surface area contributed by atoms with Crippen LogP contribution in [0.5, 0.6) is 0 Å². The average molecular weight is 270 g/mol. The number of hydrogen-bond donors (Lipinski definition) is 1. The van der Waals surface area contributed by atoms with Gasteiger partial charge in [0.1, 0.15) is 0 Å². The van der Waals surface area contributed by atoms with Crippen molar-refractivity contribution < 1.29 is 14.6 Å². The molecule has 1 N–H and O–H groups in total. The third kappa shape index (κ3) is 4.20. The summed E-state index contributed by atoms with van der Waals surface area (Å²) < 4.78 is 5.08. The molecule has 3 heteroatoms. The minimum Gasteiger partial charge on any atom is -0.464 e. The van der Waals surface area contributed by atoms with E-state index in [2.05, 4.69) is 6.92 Å². The summed E-state index contributed by atoms with van der Waals surface area (Å²) in [5.41, 5.74) is -1.27. The van der Waals surface area contributed by atoms with Crippen molar-refractivity contribution in [1.29, 1.82) is 0 Å². The third-order valence-corrected chi connectivity index (χ3v) is 4.63. The van der Waals surface area contributed by atoms with Crippen molar-refractivity contribution in [3.05, 3.63) is 0 Å². The largest absolute Gasteiger partial charge is 0.464 e. The number of esters is 1. The van der Waals surface area contributed by atoms with Crippen LogP contribution in [0.15, 0.2) is 0 Å². The summed E-state index contributed by atoms with van der Waals surface area (Å²) in [6, 6.07) is 0. The molecule has 0 spiro atoms. The summed E-state index contributed by atoms with van der Waals surface area (Å²) in [6.45, 7) is 6.24. The molecule has 19 heavy (non-hydrogen) atoms. The lowest BCUT2D eigenvalue weighted by atomic mass is 9.80. The molecule has 3 nitrogen and oxygen atoms in total. The number of aliphatic hydroxyl groups is 1. The van der Waals surface area contributed by atoms with Crippen LogP contribution in [-0.4, -0.2) is 23.3 Å². The molecule has 0 bridgehead atoms. The molecule has 0 aromatic heterocycles. The maximum absolute atomic E-state index is 12.0. The molecule has 0 amide bonds. The lowest BCUT2D eigenvalue weighted by molar-refractivity contribution is -0.172. The molecule has 1 saturated carbocycles. The summed E-state index contributed by atoms with van der Waals surface area (Å²) in [4.78, 5) is 12.0. The lowest BCUT2D eigenvalue weighted by Crippen LogP contribution is -2.46. The molecule has 3 unspecified atom stereocenters. The van der Waals surface area contributed by atoms with Gasteiger partial charge in [-0.1, -0.05) is 46.0 Å². The van der Waals surface area contributed by atoms with Gasteiger partial charge in [0.15, 0.2) is 5.60 Å². The van der Waals surface area contributed by atoms with Crippen LogP contribution in [0.2, 0.25) is 0 Å². The quantitative estimate of drug-likeness (QED) is 0.591. The monoisotopic (exact) mass is 270 g/mol. The summed E-state index contributed by atoms with van der Waals surface area (Å²) >= 11 is 0. The molecule has 1 aliphatic rings. The van der Waals surface area contributed by atoms with Gasteiger partial charge in [-0.3, -0.25) is 0 Å². The SMILES string of the molecule is CCCC1CCCC(C(O)(CC)C(=O)OCC)CC1. The molecular weight excluding hydrogens is 240 g/mol. The second kappa shape index (κ2) is 7.88. The topological polar surface area (TPSA) is 46.5 Å². The van der Waals surface area contributed by atoms with Crippen LogP contribution >= 0.6 is 0 Å². The van der Waals surface area contributed by atoms with E-state index < -0.39 is 11.6 Å². The molecular formula is C16H30O3. The van der Waals surface area contributed by atoms with E-state index in [1.807, 2.05) is 6.92 Å². The van der Waals surface area contributed by atoms with E-state index in [1.165, 1.54) is 19.3 Å². The highest BCUT2D eigenvalue weighted by Crippen LogP contribution is 2.37. The Bertz CT molecular complexity index is 277. The Hall–Kier alpha value is -0.570. The molecule has 0 aromatic rings. The molecule has 0 radical (unpaired) electrons. The van der Waals surface area contributed by atoms with Gasteiger partial charge in [0, 0.05) is 0 Å². The predicted octanol–water partition coefficient (Wildman–Crippen LogP) is 3.69. The van der Waals surface area contributed by atoms with E-state index >= 15 is 0 Å². The standard InChI is InChI=1S/C16H30O3/c1-4-8-13-9-7-10-14(12-11-13)16(18,5-2)15(17)19-6-3/h13-14,18H,4-12H2,1-3H3. The molecule has 3 atom stereocenters. The van der Waals surface area contributed by atoms with Gasteiger partial charge in [0.25, 0.3) is 0 Å².